The van der Waals surface area contributed by atoms with E-state index in [2.05, 4.69) is 30.6 Å². The zero-order valence-electron chi connectivity index (χ0n) is 18.1. The van der Waals surface area contributed by atoms with E-state index in [0.717, 1.165) is 36.0 Å². The topological polar surface area (TPSA) is 0 Å². The fourth-order valence-corrected chi connectivity index (χ4v) is 3.17. The van der Waals surface area contributed by atoms with Gasteiger partial charge in [0.2, 0.25) is 0 Å². The Morgan fingerprint density at radius 3 is 1.68 bits per heavy atom. The molecule has 0 nitrogen and oxygen atoms in total. The van der Waals surface area contributed by atoms with Gasteiger partial charge in [-0.2, -0.15) is 0 Å². The molecule has 3 aromatic carbocycles. The highest BCUT2D eigenvalue weighted by Crippen LogP contribution is 2.14. The van der Waals surface area contributed by atoms with Crippen LogP contribution in [0.5, 0.6) is 0 Å². The zero-order valence-corrected chi connectivity index (χ0v) is 18.1. The summed E-state index contributed by atoms with van der Waals surface area (Å²) in [6, 6.07) is 17.7. The molecule has 0 aliphatic carbocycles. The Kier molecular flexibility index (Phi) is 8.03. The van der Waals surface area contributed by atoms with Gasteiger partial charge < -0.3 is 0 Å². The molecule has 0 unspecified atom stereocenters. The van der Waals surface area contributed by atoms with Gasteiger partial charge in [0, 0.05) is 22.3 Å². The first-order valence-electron chi connectivity index (χ1n) is 10.7. The van der Waals surface area contributed by atoms with Crippen molar-refractivity contribution >= 4 is 0 Å². The van der Waals surface area contributed by atoms with Crippen LogP contribution in [0.4, 0.5) is 8.78 Å². The molecule has 2 heteroatoms. The highest BCUT2D eigenvalue weighted by Gasteiger charge is 2.03. The second-order valence-electron chi connectivity index (χ2n) is 7.66. The average Bonchev–Trinajstić information content (AvgIpc) is 2.78. The van der Waals surface area contributed by atoms with Crippen LogP contribution < -0.4 is 0 Å². The van der Waals surface area contributed by atoms with E-state index in [1.807, 2.05) is 36.4 Å². The number of hydrogen-bond donors (Lipinski definition) is 0. The quantitative estimate of drug-likeness (QED) is 0.307. The van der Waals surface area contributed by atoms with E-state index in [9.17, 15) is 8.78 Å². The molecule has 0 aliphatic rings. The number of aryl methyl sites for hydroxylation is 2. The fraction of sp³-hybridized carbons (Fsp3) is 0.241. The first kappa shape index (κ1) is 22.3. The Balaban J connectivity index is 1.64. The van der Waals surface area contributed by atoms with E-state index in [-0.39, 0.29) is 11.6 Å². The number of rotatable bonds is 5. The minimum absolute atomic E-state index is 0.179. The van der Waals surface area contributed by atoms with Crippen molar-refractivity contribution < 1.29 is 8.78 Å². The van der Waals surface area contributed by atoms with Crippen molar-refractivity contribution in [2.24, 2.45) is 0 Å². The molecule has 0 aliphatic heterocycles. The third-order valence-electron chi connectivity index (χ3n) is 5.11. The Bertz CT molecular complexity index is 1150. The summed E-state index contributed by atoms with van der Waals surface area (Å²) in [6.07, 6.45) is 5.30. The van der Waals surface area contributed by atoms with Gasteiger partial charge in [-0.3, -0.25) is 0 Å². The highest BCUT2D eigenvalue weighted by atomic mass is 19.1. The maximum atomic E-state index is 14.3. The number of halogens is 2. The monoisotopic (exact) mass is 412 g/mol. The predicted molar refractivity (Wildman–Crippen MR) is 124 cm³/mol. The van der Waals surface area contributed by atoms with Gasteiger partial charge in [0.05, 0.1) is 0 Å². The van der Waals surface area contributed by atoms with Crippen molar-refractivity contribution in [2.75, 3.05) is 0 Å². The van der Waals surface area contributed by atoms with Crippen molar-refractivity contribution in [3.63, 3.8) is 0 Å². The van der Waals surface area contributed by atoms with E-state index < -0.39 is 0 Å². The van der Waals surface area contributed by atoms with Crippen LogP contribution in [0.3, 0.4) is 0 Å². The lowest BCUT2D eigenvalue weighted by Crippen LogP contribution is -1.92. The molecule has 156 valence electrons. The summed E-state index contributed by atoms with van der Waals surface area (Å²) >= 11 is 0. The van der Waals surface area contributed by atoms with Crippen molar-refractivity contribution in [3.8, 4) is 23.7 Å². The molecule has 0 N–H and O–H groups in total. The molecular weight excluding hydrogens is 386 g/mol. The predicted octanol–water partition coefficient (Wildman–Crippen LogP) is 7.20. The molecule has 0 fully saturated rings. The van der Waals surface area contributed by atoms with E-state index in [1.165, 1.54) is 25.0 Å². The molecule has 0 amide bonds. The van der Waals surface area contributed by atoms with E-state index in [4.69, 9.17) is 0 Å². The van der Waals surface area contributed by atoms with E-state index in [0.29, 0.717) is 16.7 Å². The third kappa shape index (κ3) is 6.84. The van der Waals surface area contributed by atoms with Crippen LogP contribution in [-0.4, -0.2) is 0 Å². The first-order chi connectivity index (χ1) is 15.0. The van der Waals surface area contributed by atoms with Crippen LogP contribution in [-0.2, 0) is 6.42 Å². The van der Waals surface area contributed by atoms with Gasteiger partial charge >= 0.3 is 0 Å². The van der Waals surface area contributed by atoms with Gasteiger partial charge in [0.15, 0.2) is 0 Å². The Morgan fingerprint density at radius 1 is 0.613 bits per heavy atom. The third-order valence-corrected chi connectivity index (χ3v) is 5.11. The largest absolute Gasteiger partial charge is 0.207 e. The highest BCUT2D eigenvalue weighted by molar-refractivity contribution is 5.48. The van der Waals surface area contributed by atoms with Crippen LogP contribution >= 0.6 is 0 Å². The Hall–Kier alpha value is -3.36. The lowest BCUT2D eigenvalue weighted by Gasteiger charge is -2.03. The van der Waals surface area contributed by atoms with Gasteiger partial charge in [0.25, 0.3) is 0 Å². The van der Waals surface area contributed by atoms with Crippen LogP contribution in [0.15, 0.2) is 60.7 Å². The summed E-state index contributed by atoms with van der Waals surface area (Å²) in [5.74, 6) is 11.7. The molecule has 0 saturated carbocycles. The standard InChI is InChI=1S/C29H26F2/c1-3-4-5-6-7-27-19-18-26(21-29(27)31)17-15-24-12-10-23(11-13-24)14-16-25-9-8-22(2)28(30)20-25/h8-13,18-21H,3-7H2,1-2H3. The number of benzene rings is 3. The summed E-state index contributed by atoms with van der Waals surface area (Å²) in [6.45, 7) is 3.90. The molecule has 3 aromatic rings. The minimum atomic E-state index is -0.251. The molecule has 0 spiro atoms. The molecule has 0 heterocycles. The summed E-state index contributed by atoms with van der Waals surface area (Å²) in [4.78, 5) is 0. The van der Waals surface area contributed by atoms with Crippen molar-refractivity contribution in [1.82, 2.24) is 0 Å². The second-order valence-corrected chi connectivity index (χ2v) is 7.66. The lowest BCUT2D eigenvalue weighted by molar-refractivity contribution is 0.593. The summed E-state index contributed by atoms with van der Waals surface area (Å²) < 4.78 is 27.9. The van der Waals surface area contributed by atoms with E-state index >= 15 is 0 Å². The van der Waals surface area contributed by atoms with Gasteiger partial charge in [-0.25, -0.2) is 8.78 Å². The van der Waals surface area contributed by atoms with Crippen LogP contribution in [0, 0.1) is 42.2 Å². The molecule has 31 heavy (non-hydrogen) atoms. The lowest BCUT2D eigenvalue weighted by atomic mass is 10.0. The normalized spacial score (nSPS) is 10.1. The maximum Gasteiger partial charge on any atom is 0.127 e. The van der Waals surface area contributed by atoms with E-state index in [1.54, 1.807) is 19.1 Å². The van der Waals surface area contributed by atoms with Crippen molar-refractivity contribution in [1.29, 1.82) is 0 Å². The van der Waals surface area contributed by atoms with Gasteiger partial charge in [-0.05, 0) is 79.4 Å². The van der Waals surface area contributed by atoms with Crippen LogP contribution in [0.1, 0.15) is 66.0 Å². The van der Waals surface area contributed by atoms with Gasteiger partial charge in [0.1, 0.15) is 11.6 Å². The van der Waals surface area contributed by atoms with Crippen LogP contribution in [0.25, 0.3) is 0 Å². The van der Waals surface area contributed by atoms with Crippen molar-refractivity contribution in [2.45, 2.75) is 46.0 Å². The maximum absolute atomic E-state index is 14.3. The first-order valence-corrected chi connectivity index (χ1v) is 10.7. The minimum Gasteiger partial charge on any atom is -0.207 e. The Morgan fingerprint density at radius 2 is 1.13 bits per heavy atom. The average molecular weight is 413 g/mol. The molecule has 0 bridgehead atoms. The second kappa shape index (κ2) is 11.1. The Labute approximate surface area is 184 Å². The van der Waals surface area contributed by atoms with Crippen LogP contribution in [0.2, 0.25) is 0 Å². The zero-order chi connectivity index (χ0) is 22.1. The molecule has 0 atom stereocenters. The summed E-state index contributed by atoms with van der Waals surface area (Å²) in [7, 11) is 0. The molecule has 3 rings (SSSR count). The molecule has 0 aromatic heterocycles. The van der Waals surface area contributed by atoms with Gasteiger partial charge in [-0.1, -0.05) is 62.0 Å². The van der Waals surface area contributed by atoms with Crippen molar-refractivity contribution in [3.05, 3.63) is 106 Å². The summed E-state index contributed by atoms with van der Waals surface area (Å²) in [5.41, 5.74) is 4.33. The van der Waals surface area contributed by atoms with Gasteiger partial charge in [-0.15, -0.1) is 0 Å². The molecular formula is C29H26F2. The fourth-order valence-electron chi connectivity index (χ4n) is 3.17. The smallest absolute Gasteiger partial charge is 0.127 e. The molecule has 0 radical (unpaired) electrons. The molecule has 0 saturated heterocycles. The summed E-state index contributed by atoms with van der Waals surface area (Å²) in [5, 5.41) is 0. The number of hydrogen-bond acceptors (Lipinski definition) is 0. The SMILES string of the molecule is CCCCCCc1ccc(C#Cc2ccc(C#Cc3ccc(C)c(F)c3)cc2)cc1F. The number of unbranched alkanes of at least 4 members (excludes halogenated alkanes) is 3.